The quantitative estimate of drug-likeness (QED) is 0.842. The lowest BCUT2D eigenvalue weighted by Crippen LogP contribution is -2.02. The van der Waals surface area contributed by atoms with Crippen molar-refractivity contribution in [3.05, 3.63) is 54.1 Å². The van der Waals surface area contributed by atoms with Crippen LogP contribution in [0.2, 0.25) is 0 Å². The van der Waals surface area contributed by atoms with Gasteiger partial charge in [0.25, 0.3) is 0 Å². The molecule has 0 amide bonds. The van der Waals surface area contributed by atoms with E-state index >= 15 is 0 Å². The third-order valence-electron chi connectivity index (χ3n) is 2.75. The summed E-state index contributed by atoms with van der Waals surface area (Å²) in [5.41, 5.74) is 1.02. The molecule has 0 N–H and O–H groups in total. The van der Waals surface area contributed by atoms with Gasteiger partial charge in [0, 0.05) is 0 Å². The van der Waals surface area contributed by atoms with E-state index in [0.29, 0.717) is 22.1 Å². The minimum Gasteiger partial charge on any atom is -0.495 e. The van der Waals surface area contributed by atoms with Crippen molar-refractivity contribution >= 4 is 10.8 Å². The third-order valence-corrected chi connectivity index (χ3v) is 4.20. The van der Waals surface area contributed by atoms with Gasteiger partial charge < -0.3 is 9.47 Å². The van der Waals surface area contributed by atoms with Crippen molar-refractivity contribution in [2.45, 2.75) is 10.6 Å². The summed E-state index contributed by atoms with van der Waals surface area (Å²) in [5.74, 6) is 1.62. The Morgan fingerprint density at radius 3 is 2.00 bits per heavy atom. The van der Waals surface area contributed by atoms with E-state index in [2.05, 4.69) is 0 Å². The van der Waals surface area contributed by atoms with Crippen LogP contribution in [0.15, 0.2) is 53.4 Å². The van der Waals surface area contributed by atoms with Crippen molar-refractivity contribution in [3.63, 3.8) is 0 Å². The van der Waals surface area contributed by atoms with Crippen molar-refractivity contribution in [3.8, 4) is 11.5 Å². The highest BCUT2D eigenvalue weighted by atomic mass is 32.2. The average molecular weight is 276 g/mol. The smallest absolute Gasteiger partial charge is 0.138 e. The lowest BCUT2D eigenvalue weighted by Gasteiger charge is -2.12. The molecule has 100 valence electrons. The second kappa shape index (κ2) is 6.38. The molecule has 2 aromatic carbocycles. The second-order valence-electron chi connectivity index (χ2n) is 3.97. The van der Waals surface area contributed by atoms with Gasteiger partial charge in [-0.2, -0.15) is 0 Å². The molecule has 0 heterocycles. The summed E-state index contributed by atoms with van der Waals surface area (Å²) in [6.07, 6.45) is 0. The standard InChI is InChI=1S/C15H16O3S/c1-17-13-9-6-10-14(18-2)15(13)19(16)11-12-7-4-3-5-8-12/h3-10H,11H2,1-2H3. The Bertz CT molecular complexity index is 545. The van der Waals surface area contributed by atoms with E-state index in [9.17, 15) is 4.21 Å². The average Bonchev–Trinajstić information content (AvgIpc) is 2.47. The van der Waals surface area contributed by atoms with Crippen LogP contribution >= 0.6 is 0 Å². The molecule has 0 aromatic heterocycles. The van der Waals surface area contributed by atoms with E-state index in [0.717, 1.165) is 5.56 Å². The Morgan fingerprint density at radius 1 is 0.895 bits per heavy atom. The first kappa shape index (κ1) is 13.6. The Labute approximate surface area is 115 Å². The van der Waals surface area contributed by atoms with Crippen molar-refractivity contribution in [2.24, 2.45) is 0 Å². The number of ether oxygens (including phenoxy) is 2. The summed E-state index contributed by atoms with van der Waals surface area (Å²) < 4.78 is 23.1. The van der Waals surface area contributed by atoms with Gasteiger partial charge in [0.15, 0.2) is 0 Å². The summed E-state index contributed by atoms with van der Waals surface area (Å²) in [4.78, 5) is 0.608. The normalized spacial score (nSPS) is 11.9. The van der Waals surface area contributed by atoms with Crippen molar-refractivity contribution < 1.29 is 13.7 Å². The van der Waals surface area contributed by atoms with Gasteiger partial charge in [-0.3, -0.25) is 4.21 Å². The molecular formula is C15H16O3S. The molecule has 2 aromatic rings. The predicted molar refractivity (Wildman–Crippen MR) is 76.1 cm³/mol. The number of methoxy groups -OCH3 is 2. The van der Waals surface area contributed by atoms with Gasteiger partial charge in [0.05, 0.1) is 30.8 Å². The van der Waals surface area contributed by atoms with E-state index in [1.807, 2.05) is 36.4 Å². The molecule has 0 spiro atoms. The molecule has 2 rings (SSSR count). The fraction of sp³-hybridized carbons (Fsp3) is 0.200. The lowest BCUT2D eigenvalue weighted by atomic mass is 10.2. The molecule has 0 aliphatic rings. The molecular weight excluding hydrogens is 260 g/mol. The van der Waals surface area contributed by atoms with Gasteiger partial charge in [0.1, 0.15) is 16.4 Å². The Hall–Kier alpha value is -1.81. The summed E-state index contributed by atoms with van der Waals surface area (Å²) >= 11 is 0. The molecule has 1 unspecified atom stereocenters. The molecule has 4 heteroatoms. The third kappa shape index (κ3) is 3.15. The summed E-state index contributed by atoms with van der Waals surface area (Å²) in [5, 5.41) is 0. The maximum atomic E-state index is 12.5. The van der Waals surface area contributed by atoms with E-state index in [1.165, 1.54) is 0 Å². The van der Waals surface area contributed by atoms with E-state index < -0.39 is 10.8 Å². The maximum absolute atomic E-state index is 12.5. The minimum absolute atomic E-state index is 0.442. The van der Waals surface area contributed by atoms with E-state index in [1.54, 1.807) is 26.4 Å². The summed E-state index contributed by atoms with van der Waals surface area (Å²) in [6, 6.07) is 15.1. The molecule has 0 aliphatic carbocycles. The highest BCUT2D eigenvalue weighted by molar-refractivity contribution is 7.84. The Morgan fingerprint density at radius 2 is 1.47 bits per heavy atom. The first-order valence-electron chi connectivity index (χ1n) is 5.89. The Balaban J connectivity index is 2.33. The first-order chi connectivity index (χ1) is 9.26. The highest BCUT2D eigenvalue weighted by Crippen LogP contribution is 2.32. The van der Waals surface area contributed by atoms with Crippen LogP contribution in [0.25, 0.3) is 0 Å². The molecule has 0 saturated carbocycles. The van der Waals surface area contributed by atoms with E-state index in [-0.39, 0.29) is 0 Å². The van der Waals surface area contributed by atoms with Gasteiger partial charge in [-0.1, -0.05) is 36.4 Å². The molecule has 0 bridgehead atoms. The minimum atomic E-state index is -1.21. The molecule has 19 heavy (non-hydrogen) atoms. The second-order valence-corrected chi connectivity index (χ2v) is 5.36. The summed E-state index contributed by atoms with van der Waals surface area (Å²) in [6.45, 7) is 0. The maximum Gasteiger partial charge on any atom is 0.138 e. The zero-order chi connectivity index (χ0) is 13.7. The van der Waals surface area contributed by atoms with Gasteiger partial charge in [-0.05, 0) is 17.7 Å². The zero-order valence-electron chi connectivity index (χ0n) is 11.0. The van der Waals surface area contributed by atoms with Crippen LogP contribution in [0.3, 0.4) is 0 Å². The van der Waals surface area contributed by atoms with Crippen molar-refractivity contribution in [2.75, 3.05) is 14.2 Å². The van der Waals surface area contributed by atoms with Crippen LogP contribution in [-0.2, 0) is 16.6 Å². The highest BCUT2D eigenvalue weighted by Gasteiger charge is 2.16. The SMILES string of the molecule is COc1cccc(OC)c1S(=O)Cc1ccccc1. The molecule has 3 nitrogen and oxygen atoms in total. The number of hydrogen-bond donors (Lipinski definition) is 0. The first-order valence-corrected chi connectivity index (χ1v) is 7.21. The Kier molecular flexibility index (Phi) is 4.58. The molecule has 0 aliphatic heterocycles. The largest absolute Gasteiger partial charge is 0.495 e. The van der Waals surface area contributed by atoms with Crippen LogP contribution in [0.5, 0.6) is 11.5 Å². The van der Waals surface area contributed by atoms with E-state index in [4.69, 9.17) is 9.47 Å². The lowest BCUT2D eigenvalue weighted by molar-refractivity contribution is 0.375. The van der Waals surface area contributed by atoms with Crippen LogP contribution in [0.4, 0.5) is 0 Å². The van der Waals surface area contributed by atoms with Gasteiger partial charge >= 0.3 is 0 Å². The number of rotatable bonds is 5. The van der Waals surface area contributed by atoms with Crippen LogP contribution in [0.1, 0.15) is 5.56 Å². The molecule has 0 fully saturated rings. The topological polar surface area (TPSA) is 35.5 Å². The van der Waals surface area contributed by atoms with Gasteiger partial charge in [-0.25, -0.2) is 0 Å². The van der Waals surface area contributed by atoms with Gasteiger partial charge in [-0.15, -0.1) is 0 Å². The fourth-order valence-electron chi connectivity index (χ4n) is 1.84. The van der Waals surface area contributed by atoms with Crippen molar-refractivity contribution in [1.82, 2.24) is 0 Å². The predicted octanol–water partition coefficient (Wildman–Crippen LogP) is 3.01. The molecule has 1 atom stereocenters. The number of benzene rings is 2. The zero-order valence-corrected chi connectivity index (χ0v) is 11.8. The summed E-state index contributed by atoms with van der Waals surface area (Å²) in [7, 11) is 1.93. The van der Waals surface area contributed by atoms with Crippen LogP contribution in [-0.4, -0.2) is 18.4 Å². The molecule has 0 saturated heterocycles. The number of hydrogen-bond acceptors (Lipinski definition) is 3. The van der Waals surface area contributed by atoms with Crippen LogP contribution in [0, 0.1) is 0 Å². The molecule has 0 radical (unpaired) electrons. The van der Waals surface area contributed by atoms with Crippen molar-refractivity contribution in [1.29, 1.82) is 0 Å². The fourth-order valence-corrected chi connectivity index (χ4v) is 3.23. The van der Waals surface area contributed by atoms with Gasteiger partial charge in [0.2, 0.25) is 0 Å². The monoisotopic (exact) mass is 276 g/mol. The van der Waals surface area contributed by atoms with Crippen LogP contribution < -0.4 is 9.47 Å².